The van der Waals surface area contributed by atoms with Crippen LogP contribution in [0.3, 0.4) is 0 Å². The van der Waals surface area contributed by atoms with Gasteiger partial charge in [0, 0.05) is 13.1 Å². The van der Waals surface area contributed by atoms with E-state index in [4.69, 9.17) is 4.42 Å². The molecule has 0 aromatic carbocycles. The predicted octanol–water partition coefficient (Wildman–Crippen LogP) is 2.00. The molecular weight excluding hydrogens is 194 g/mol. The van der Waals surface area contributed by atoms with Gasteiger partial charge in [0.1, 0.15) is 6.26 Å². The fourth-order valence-electron chi connectivity index (χ4n) is 1.68. The van der Waals surface area contributed by atoms with Gasteiger partial charge in [0.25, 0.3) is 0 Å². The number of aromatic nitrogens is 1. The summed E-state index contributed by atoms with van der Waals surface area (Å²) in [5, 5.41) is 2.64. The molecule has 2 rings (SSSR count). The van der Waals surface area contributed by atoms with Gasteiger partial charge < -0.3 is 9.32 Å². The lowest BCUT2D eigenvalue weighted by Gasteiger charge is -2.25. The van der Waals surface area contributed by atoms with Gasteiger partial charge in [-0.15, -0.1) is 0 Å². The second kappa shape index (κ2) is 4.33. The summed E-state index contributed by atoms with van der Waals surface area (Å²) >= 11 is 0. The number of amides is 2. The molecule has 2 amide bonds. The van der Waals surface area contributed by atoms with Crippen molar-refractivity contribution < 1.29 is 9.21 Å². The number of nitrogens with zero attached hydrogens (tertiary/aromatic N) is 2. The van der Waals surface area contributed by atoms with Crippen molar-refractivity contribution in [3.8, 4) is 0 Å². The highest BCUT2D eigenvalue weighted by molar-refractivity contribution is 5.87. The zero-order chi connectivity index (χ0) is 10.7. The van der Waals surface area contributed by atoms with Gasteiger partial charge >= 0.3 is 12.0 Å². The summed E-state index contributed by atoms with van der Waals surface area (Å²) in [4.78, 5) is 17.5. The van der Waals surface area contributed by atoms with Crippen molar-refractivity contribution in [2.24, 2.45) is 0 Å². The standard InChI is InChI=1S/C10H15N3O2/c1-8-7-15-9(11-8)12-10(14)13-5-3-2-4-6-13/h7H,2-6H2,1H3,(H,11,12,14). The first-order valence-corrected chi connectivity index (χ1v) is 5.24. The van der Waals surface area contributed by atoms with Crippen molar-refractivity contribution in [1.29, 1.82) is 0 Å². The highest BCUT2D eigenvalue weighted by Gasteiger charge is 2.17. The number of likely N-dealkylation sites (tertiary alicyclic amines) is 1. The van der Waals surface area contributed by atoms with Gasteiger partial charge in [-0.1, -0.05) is 0 Å². The molecule has 1 aromatic rings. The van der Waals surface area contributed by atoms with E-state index in [9.17, 15) is 4.79 Å². The second-order valence-corrected chi connectivity index (χ2v) is 3.77. The smallest absolute Gasteiger partial charge is 0.325 e. The Kier molecular flexibility index (Phi) is 2.89. The third kappa shape index (κ3) is 2.49. The van der Waals surface area contributed by atoms with E-state index in [0.717, 1.165) is 31.6 Å². The van der Waals surface area contributed by atoms with Crippen LogP contribution in [0, 0.1) is 6.92 Å². The summed E-state index contributed by atoms with van der Waals surface area (Å²) in [6.07, 6.45) is 4.89. The van der Waals surface area contributed by atoms with Crippen molar-refractivity contribution in [2.75, 3.05) is 18.4 Å². The Morgan fingerprint density at radius 3 is 2.80 bits per heavy atom. The molecular formula is C10H15N3O2. The molecule has 82 valence electrons. The van der Waals surface area contributed by atoms with Crippen molar-refractivity contribution in [1.82, 2.24) is 9.88 Å². The Hall–Kier alpha value is -1.52. The Bertz CT molecular complexity index is 342. The van der Waals surface area contributed by atoms with Gasteiger partial charge in [0.2, 0.25) is 0 Å². The first-order valence-electron chi connectivity index (χ1n) is 5.24. The van der Waals surface area contributed by atoms with E-state index in [0.29, 0.717) is 0 Å². The number of anilines is 1. The van der Waals surface area contributed by atoms with Crippen LogP contribution < -0.4 is 5.32 Å². The van der Waals surface area contributed by atoms with Crippen molar-refractivity contribution in [3.63, 3.8) is 0 Å². The minimum absolute atomic E-state index is 0.114. The molecule has 1 fully saturated rings. The van der Waals surface area contributed by atoms with E-state index in [1.165, 1.54) is 12.7 Å². The largest absolute Gasteiger partial charge is 0.432 e. The molecule has 1 aromatic heterocycles. The lowest BCUT2D eigenvalue weighted by atomic mass is 10.1. The van der Waals surface area contributed by atoms with E-state index in [2.05, 4.69) is 10.3 Å². The van der Waals surface area contributed by atoms with Crippen LogP contribution in [-0.4, -0.2) is 29.0 Å². The summed E-state index contributed by atoms with van der Waals surface area (Å²) in [6.45, 7) is 3.47. The maximum Gasteiger partial charge on any atom is 0.325 e. The molecule has 0 spiro atoms. The summed E-state index contributed by atoms with van der Waals surface area (Å²) in [6, 6.07) is 0.166. The Morgan fingerprint density at radius 1 is 1.47 bits per heavy atom. The average Bonchev–Trinajstić information content (AvgIpc) is 2.65. The Balaban J connectivity index is 1.91. The van der Waals surface area contributed by atoms with Gasteiger partial charge in [0.05, 0.1) is 5.69 Å². The predicted molar refractivity (Wildman–Crippen MR) is 55.7 cm³/mol. The highest BCUT2D eigenvalue weighted by Crippen LogP contribution is 2.11. The highest BCUT2D eigenvalue weighted by atomic mass is 16.4. The zero-order valence-corrected chi connectivity index (χ0v) is 8.82. The first kappa shape index (κ1) is 10.0. The number of nitrogens with one attached hydrogen (secondary N) is 1. The van der Waals surface area contributed by atoms with Crippen molar-refractivity contribution >= 4 is 12.0 Å². The molecule has 1 aliphatic heterocycles. The molecule has 15 heavy (non-hydrogen) atoms. The van der Waals surface area contributed by atoms with Crippen molar-refractivity contribution in [3.05, 3.63) is 12.0 Å². The normalized spacial score (nSPS) is 16.5. The fourth-order valence-corrected chi connectivity index (χ4v) is 1.68. The second-order valence-electron chi connectivity index (χ2n) is 3.77. The summed E-state index contributed by atoms with van der Waals surface area (Å²) in [7, 11) is 0. The topological polar surface area (TPSA) is 58.4 Å². The number of rotatable bonds is 1. The van der Waals surface area contributed by atoms with Crippen LogP contribution in [0.5, 0.6) is 0 Å². The summed E-state index contributed by atoms with van der Waals surface area (Å²) < 4.78 is 5.06. The van der Waals surface area contributed by atoms with E-state index in [1.807, 2.05) is 6.92 Å². The number of hydrogen-bond acceptors (Lipinski definition) is 3. The molecule has 1 aliphatic rings. The third-order valence-corrected chi connectivity index (χ3v) is 2.48. The lowest BCUT2D eigenvalue weighted by molar-refractivity contribution is 0.199. The van der Waals surface area contributed by atoms with Gasteiger partial charge in [-0.25, -0.2) is 4.79 Å². The molecule has 1 N–H and O–H groups in total. The van der Waals surface area contributed by atoms with Crippen LogP contribution >= 0.6 is 0 Å². The number of piperidine rings is 1. The summed E-state index contributed by atoms with van der Waals surface area (Å²) in [5.74, 6) is 0. The number of urea groups is 1. The number of hydrogen-bond donors (Lipinski definition) is 1. The van der Waals surface area contributed by atoms with Gasteiger partial charge in [-0.3, -0.25) is 5.32 Å². The third-order valence-electron chi connectivity index (χ3n) is 2.48. The molecule has 0 aliphatic carbocycles. The van der Waals surface area contributed by atoms with Crippen LogP contribution in [0.15, 0.2) is 10.7 Å². The van der Waals surface area contributed by atoms with E-state index in [1.54, 1.807) is 4.90 Å². The average molecular weight is 209 g/mol. The molecule has 0 saturated carbocycles. The maximum atomic E-state index is 11.7. The van der Waals surface area contributed by atoms with Crippen LogP contribution in [0.1, 0.15) is 25.0 Å². The zero-order valence-electron chi connectivity index (χ0n) is 8.82. The SMILES string of the molecule is Cc1coc(NC(=O)N2CCCCC2)n1. The fraction of sp³-hybridized carbons (Fsp3) is 0.600. The number of aryl methyl sites for hydroxylation is 1. The van der Waals surface area contributed by atoms with Crippen molar-refractivity contribution in [2.45, 2.75) is 26.2 Å². The van der Waals surface area contributed by atoms with Crippen LogP contribution in [0.4, 0.5) is 10.8 Å². The van der Waals surface area contributed by atoms with Crippen LogP contribution in [0.2, 0.25) is 0 Å². The number of carbonyl (C=O) groups excluding carboxylic acids is 1. The molecule has 0 atom stereocenters. The lowest BCUT2D eigenvalue weighted by Crippen LogP contribution is -2.38. The molecule has 0 radical (unpaired) electrons. The maximum absolute atomic E-state index is 11.7. The molecule has 0 unspecified atom stereocenters. The summed E-state index contributed by atoms with van der Waals surface area (Å²) in [5.41, 5.74) is 0.768. The van der Waals surface area contributed by atoms with Crippen LogP contribution in [-0.2, 0) is 0 Å². The van der Waals surface area contributed by atoms with Gasteiger partial charge in [-0.2, -0.15) is 4.98 Å². The number of carbonyl (C=O) groups is 1. The van der Waals surface area contributed by atoms with E-state index < -0.39 is 0 Å². The molecule has 0 bridgehead atoms. The quantitative estimate of drug-likeness (QED) is 0.769. The van der Waals surface area contributed by atoms with Gasteiger partial charge in [-0.05, 0) is 26.2 Å². The Morgan fingerprint density at radius 2 is 2.20 bits per heavy atom. The monoisotopic (exact) mass is 209 g/mol. The van der Waals surface area contributed by atoms with Gasteiger partial charge in [0.15, 0.2) is 0 Å². The minimum atomic E-state index is -0.114. The molecule has 2 heterocycles. The molecule has 5 nitrogen and oxygen atoms in total. The minimum Gasteiger partial charge on any atom is -0.432 e. The molecule has 5 heteroatoms. The molecule has 1 saturated heterocycles. The Labute approximate surface area is 88.5 Å². The van der Waals surface area contributed by atoms with E-state index in [-0.39, 0.29) is 12.0 Å². The number of oxazole rings is 1. The van der Waals surface area contributed by atoms with Crippen LogP contribution in [0.25, 0.3) is 0 Å². The first-order chi connectivity index (χ1) is 7.25. The van der Waals surface area contributed by atoms with E-state index >= 15 is 0 Å².